The number of amides is 1. The Balaban J connectivity index is 1.62. The first-order valence-electron chi connectivity index (χ1n) is 9.60. The normalized spacial score (nSPS) is 13.1. The van der Waals surface area contributed by atoms with Gasteiger partial charge in [-0.3, -0.25) is 14.5 Å². The minimum atomic E-state index is -3.84. The van der Waals surface area contributed by atoms with Crippen LogP contribution in [0.15, 0.2) is 58.4 Å². The molecule has 1 amide bonds. The van der Waals surface area contributed by atoms with Gasteiger partial charge in [0.2, 0.25) is 0 Å². The van der Waals surface area contributed by atoms with E-state index in [-0.39, 0.29) is 21.7 Å². The molecule has 0 spiro atoms. The number of amidine groups is 1. The zero-order valence-electron chi connectivity index (χ0n) is 17.2. The van der Waals surface area contributed by atoms with E-state index >= 15 is 0 Å². The summed E-state index contributed by atoms with van der Waals surface area (Å²) in [4.78, 5) is 40.3. The first kappa shape index (κ1) is 22.9. The molecule has 11 heteroatoms. The summed E-state index contributed by atoms with van der Waals surface area (Å²) in [5.41, 5.74) is 0.177. The Morgan fingerprint density at radius 3 is 2.41 bits per heavy atom. The lowest BCUT2D eigenvalue weighted by Crippen LogP contribution is -2.29. The van der Waals surface area contributed by atoms with Crippen LogP contribution in [-0.4, -0.2) is 52.4 Å². The van der Waals surface area contributed by atoms with E-state index in [2.05, 4.69) is 19.8 Å². The van der Waals surface area contributed by atoms with E-state index in [0.29, 0.717) is 18.8 Å². The van der Waals surface area contributed by atoms with Crippen molar-refractivity contribution in [2.24, 2.45) is 4.99 Å². The molecule has 3 rings (SSSR count). The molecule has 1 aliphatic rings. The molecule has 168 valence electrons. The van der Waals surface area contributed by atoms with Gasteiger partial charge in [0.15, 0.2) is 6.61 Å². The molecule has 2 aromatic carbocycles. The summed E-state index contributed by atoms with van der Waals surface area (Å²) in [6, 6.07) is 11.5. The van der Waals surface area contributed by atoms with Gasteiger partial charge in [0.05, 0.1) is 23.1 Å². The molecule has 0 saturated carbocycles. The van der Waals surface area contributed by atoms with Crippen molar-refractivity contribution >= 4 is 39.4 Å². The smallest absolute Gasteiger partial charge is 0.339 e. The fraction of sp³-hybridized carbons (Fsp3) is 0.238. The molecule has 1 aliphatic heterocycles. The van der Waals surface area contributed by atoms with E-state index in [9.17, 15) is 22.8 Å². The molecule has 0 saturated heterocycles. The Labute approximate surface area is 184 Å². The van der Waals surface area contributed by atoms with Crippen LogP contribution >= 0.6 is 0 Å². The zero-order valence-corrected chi connectivity index (χ0v) is 18.0. The van der Waals surface area contributed by atoms with E-state index < -0.39 is 34.5 Å². The number of carbonyl (C=O) groups is 3. The van der Waals surface area contributed by atoms with Crippen molar-refractivity contribution in [1.82, 2.24) is 4.72 Å². The number of sulfonamides is 1. The van der Waals surface area contributed by atoms with E-state index in [1.807, 2.05) is 0 Å². The largest absolute Gasteiger partial charge is 0.465 e. The van der Waals surface area contributed by atoms with Gasteiger partial charge in [-0.2, -0.15) is 0 Å². The van der Waals surface area contributed by atoms with Gasteiger partial charge in [-0.05, 0) is 36.8 Å². The predicted octanol–water partition coefficient (Wildman–Crippen LogP) is 1.74. The van der Waals surface area contributed by atoms with Gasteiger partial charge in [-0.15, -0.1) is 0 Å². The number of benzene rings is 2. The summed E-state index contributed by atoms with van der Waals surface area (Å²) in [5, 5.41) is 2.47. The molecule has 1 heterocycles. The van der Waals surface area contributed by atoms with Crippen molar-refractivity contribution in [3.8, 4) is 0 Å². The predicted molar refractivity (Wildman–Crippen MR) is 115 cm³/mol. The first-order valence-corrected chi connectivity index (χ1v) is 11.1. The molecule has 2 N–H and O–H groups in total. The lowest BCUT2D eigenvalue weighted by Gasteiger charge is -2.11. The van der Waals surface area contributed by atoms with Crippen LogP contribution in [0.1, 0.15) is 33.6 Å². The van der Waals surface area contributed by atoms with Crippen LogP contribution in [0.3, 0.4) is 0 Å². The summed E-state index contributed by atoms with van der Waals surface area (Å²) in [6.45, 7) is -0.0584. The third-order valence-corrected chi connectivity index (χ3v) is 5.82. The van der Waals surface area contributed by atoms with Crippen molar-refractivity contribution in [3.05, 3.63) is 59.7 Å². The number of anilines is 1. The van der Waals surface area contributed by atoms with Gasteiger partial charge in [0.1, 0.15) is 5.84 Å². The summed E-state index contributed by atoms with van der Waals surface area (Å²) in [6.07, 6.45) is 1.34. The highest BCUT2D eigenvalue weighted by atomic mass is 32.2. The Kier molecular flexibility index (Phi) is 7.21. The monoisotopic (exact) mass is 459 g/mol. The Morgan fingerprint density at radius 1 is 1.03 bits per heavy atom. The SMILES string of the molecule is COC(=O)c1ccccc1C(=O)OCC(=O)Nc1cccc(S(=O)(=O)NC2=NCCC2)c1. The van der Waals surface area contributed by atoms with Gasteiger partial charge >= 0.3 is 11.9 Å². The lowest BCUT2D eigenvalue weighted by atomic mass is 10.1. The van der Waals surface area contributed by atoms with E-state index in [1.165, 1.54) is 43.5 Å². The molecule has 0 aliphatic carbocycles. The van der Waals surface area contributed by atoms with Crippen LogP contribution in [0.25, 0.3) is 0 Å². The summed E-state index contributed by atoms with van der Waals surface area (Å²) in [5.74, 6) is -1.87. The van der Waals surface area contributed by atoms with Crippen LogP contribution in [0.5, 0.6) is 0 Å². The van der Waals surface area contributed by atoms with Gasteiger partial charge in [0.25, 0.3) is 15.9 Å². The molecule has 0 radical (unpaired) electrons. The van der Waals surface area contributed by atoms with E-state index in [1.54, 1.807) is 12.1 Å². The Morgan fingerprint density at radius 2 is 1.75 bits per heavy atom. The van der Waals surface area contributed by atoms with Crippen molar-refractivity contribution in [2.45, 2.75) is 17.7 Å². The molecule has 0 atom stereocenters. The fourth-order valence-electron chi connectivity index (χ4n) is 2.93. The molecule has 0 aromatic heterocycles. The number of ether oxygens (including phenoxy) is 2. The highest BCUT2D eigenvalue weighted by Crippen LogP contribution is 2.17. The Hall–Kier alpha value is -3.73. The molecule has 0 bridgehead atoms. The van der Waals surface area contributed by atoms with E-state index in [0.717, 1.165) is 6.42 Å². The van der Waals surface area contributed by atoms with Crippen molar-refractivity contribution < 1.29 is 32.3 Å². The second-order valence-electron chi connectivity index (χ2n) is 6.73. The minimum Gasteiger partial charge on any atom is -0.465 e. The number of esters is 2. The molecule has 10 nitrogen and oxygen atoms in total. The van der Waals surface area contributed by atoms with Gasteiger partial charge in [0, 0.05) is 18.7 Å². The van der Waals surface area contributed by atoms with Crippen LogP contribution in [0.4, 0.5) is 5.69 Å². The van der Waals surface area contributed by atoms with Crippen LogP contribution in [-0.2, 0) is 24.3 Å². The number of aliphatic imine (C=N–C) groups is 1. The fourth-order valence-corrected chi connectivity index (χ4v) is 4.07. The zero-order chi connectivity index (χ0) is 23.1. The maximum atomic E-state index is 12.5. The standard InChI is InChI=1S/C21H21N3O7S/c1-30-20(26)16-8-2-3-9-17(16)21(27)31-13-19(25)23-14-6-4-7-15(12-14)32(28,29)24-18-10-5-11-22-18/h2-4,6-9,12H,5,10-11,13H2,1H3,(H,22,24)(H,23,25). The van der Waals surface area contributed by atoms with Crippen LogP contribution in [0.2, 0.25) is 0 Å². The van der Waals surface area contributed by atoms with E-state index in [4.69, 9.17) is 4.74 Å². The van der Waals surface area contributed by atoms with Gasteiger partial charge in [-0.1, -0.05) is 18.2 Å². The number of nitrogens with one attached hydrogen (secondary N) is 2. The molecule has 32 heavy (non-hydrogen) atoms. The van der Waals surface area contributed by atoms with Crippen LogP contribution in [0, 0.1) is 0 Å². The molecular formula is C21H21N3O7S. The van der Waals surface area contributed by atoms with Crippen molar-refractivity contribution in [2.75, 3.05) is 25.6 Å². The third kappa shape index (κ3) is 5.70. The molecule has 0 unspecified atom stereocenters. The average Bonchev–Trinajstić information content (AvgIpc) is 3.29. The summed E-state index contributed by atoms with van der Waals surface area (Å²) < 4.78 is 37.0. The maximum absolute atomic E-state index is 12.5. The number of hydrogen-bond acceptors (Lipinski definition) is 8. The molecule has 0 fully saturated rings. The molecule has 2 aromatic rings. The summed E-state index contributed by atoms with van der Waals surface area (Å²) in [7, 11) is -2.66. The third-order valence-electron chi connectivity index (χ3n) is 4.44. The maximum Gasteiger partial charge on any atom is 0.339 e. The summed E-state index contributed by atoms with van der Waals surface area (Å²) >= 11 is 0. The van der Waals surface area contributed by atoms with Gasteiger partial charge in [-0.25, -0.2) is 18.0 Å². The number of carbonyl (C=O) groups excluding carboxylic acids is 3. The van der Waals surface area contributed by atoms with Gasteiger partial charge < -0.3 is 14.8 Å². The van der Waals surface area contributed by atoms with Crippen LogP contribution < -0.4 is 10.0 Å². The second-order valence-corrected chi connectivity index (χ2v) is 8.41. The topological polar surface area (TPSA) is 140 Å². The minimum absolute atomic E-state index is 0.0117. The number of nitrogens with zero attached hydrogens (tertiary/aromatic N) is 1. The highest BCUT2D eigenvalue weighted by molar-refractivity contribution is 7.90. The number of methoxy groups -OCH3 is 1. The quantitative estimate of drug-likeness (QED) is 0.601. The average molecular weight is 459 g/mol. The van der Waals surface area contributed by atoms with Crippen molar-refractivity contribution in [1.29, 1.82) is 0 Å². The number of rotatable bonds is 7. The number of hydrogen-bond donors (Lipinski definition) is 2. The highest BCUT2D eigenvalue weighted by Gasteiger charge is 2.20. The lowest BCUT2D eigenvalue weighted by molar-refractivity contribution is -0.119. The second kappa shape index (κ2) is 10.1. The molecular weight excluding hydrogens is 438 g/mol. The Bertz CT molecular complexity index is 1180. The first-order chi connectivity index (χ1) is 15.3. The van der Waals surface area contributed by atoms with Crippen molar-refractivity contribution in [3.63, 3.8) is 0 Å².